The van der Waals surface area contributed by atoms with E-state index in [-0.39, 0.29) is 13.2 Å². The first-order chi connectivity index (χ1) is 5.33. The van der Waals surface area contributed by atoms with Crippen molar-refractivity contribution in [2.24, 2.45) is 0 Å². The van der Waals surface area contributed by atoms with Gasteiger partial charge >= 0.3 is 0 Å². The first-order valence-electron chi connectivity index (χ1n) is 3.95. The molecule has 2 N–H and O–H groups in total. The molecule has 0 rings (SSSR count). The third-order valence-electron chi connectivity index (χ3n) is 1.07. The van der Waals surface area contributed by atoms with Crippen LogP contribution in [0, 0.1) is 0 Å². The van der Waals surface area contributed by atoms with Gasteiger partial charge in [-0.3, -0.25) is 0 Å². The molecule has 3 heteroatoms. The van der Waals surface area contributed by atoms with E-state index in [0.29, 0.717) is 0 Å². The van der Waals surface area contributed by atoms with Crippen LogP contribution in [0.2, 0.25) is 0 Å². The molecular formula is C8H20O3. The first-order valence-corrected chi connectivity index (χ1v) is 3.95. The molecule has 11 heavy (non-hydrogen) atoms. The number of aliphatic hydroxyl groups is 2. The van der Waals surface area contributed by atoms with Crippen LogP contribution in [0.5, 0.6) is 0 Å². The Kier molecular flexibility index (Phi) is 20.2. The predicted octanol–water partition coefficient (Wildman–Crippen LogP) is 0.794. The molecule has 0 spiro atoms. The Morgan fingerprint density at radius 3 is 1.27 bits per heavy atom. The third-order valence-corrected chi connectivity index (χ3v) is 1.07. The average molecular weight is 164 g/mol. The van der Waals surface area contributed by atoms with E-state index in [1.807, 2.05) is 0 Å². The maximum atomic E-state index is 8.30. The van der Waals surface area contributed by atoms with Gasteiger partial charge in [0.25, 0.3) is 0 Å². The molecule has 0 aromatic heterocycles. The van der Waals surface area contributed by atoms with Crippen LogP contribution in [0.15, 0.2) is 0 Å². The Bertz CT molecular complexity index is 42.6. The number of hydrogen-bond acceptors (Lipinski definition) is 3. The highest BCUT2D eigenvalue weighted by Crippen LogP contribution is 1.96. The van der Waals surface area contributed by atoms with Crippen LogP contribution in [0.4, 0.5) is 0 Å². The number of aliphatic hydroxyl groups excluding tert-OH is 2. The van der Waals surface area contributed by atoms with E-state index in [4.69, 9.17) is 10.2 Å². The second-order valence-corrected chi connectivity index (χ2v) is 2.27. The van der Waals surface area contributed by atoms with E-state index < -0.39 is 0 Å². The van der Waals surface area contributed by atoms with E-state index in [2.05, 4.69) is 4.74 Å². The van der Waals surface area contributed by atoms with Crippen molar-refractivity contribution >= 4 is 0 Å². The summed E-state index contributed by atoms with van der Waals surface area (Å²) in [4.78, 5) is 0. The Hall–Kier alpha value is -0.120. The van der Waals surface area contributed by atoms with Crippen molar-refractivity contribution in [3.63, 3.8) is 0 Å². The fourth-order valence-corrected chi connectivity index (χ4v) is 0.577. The van der Waals surface area contributed by atoms with Crippen LogP contribution < -0.4 is 0 Å². The minimum Gasteiger partial charge on any atom is -0.396 e. The maximum Gasteiger partial charge on any atom is 0.0431 e. The molecule has 0 aliphatic carbocycles. The lowest BCUT2D eigenvalue weighted by Gasteiger charge is -1.93. The van der Waals surface area contributed by atoms with Crippen LogP contribution in [0.25, 0.3) is 0 Å². The van der Waals surface area contributed by atoms with E-state index >= 15 is 0 Å². The summed E-state index contributed by atoms with van der Waals surface area (Å²) in [6, 6.07) is 0. The van der Waals surface area contributed by atoms with Gasteiger partial charge < -0.3 is 14.9 Å². The lowest BCUT2D eigenvalue weighted by atomic mass is 10.2. The smallest absolute Gasteiger partial charge is 0.0431 e. The number of methoxy groups -OCH3 is 1. The molecule has 0 saturated carbocycles. The average Bonchev–Trinajstić information content (AvgIpc) is 2.00. The van der Waals surface area contributed by atoms with Crippen molar-refractivity contribution in [1.82, 2.24) is 0 Å². The second-order valence-electron chi connectivity index (χ2n) is 2.27. The zero-order valence-corrected chi connectivity index (χ0v) is 7.55. The summed E-state index contributed by atoms with van der Waals surface area (Å²) in [6.45, 7) is 0.566. The molecule has 0 amide bonds. The van der Waals surface area contributed by atoms with Gasteiger partial charge in [0.1, 0.15) is 0 Å². The summed E-state index contributed by atoms with van der Waals surface area (Å²) < 4.78 is 4.25. The van der Waals surface area contributed by atoms with Crippen LogP contribution in [-0.2, 0) is 4.74 Å². The summed E-state index contributed by atoms with van der Waals surface area (Å²) in [5, 5.41) is 16.6. The molecule has 0 bridgehead atoms. The highest BCUT2D eigenvalue weighted by Gasteiger charge is 1.84. The second kappa shape index (κ2) is 16.5. The van der Waals surface area contributed by atoms with Gasteiger partial charge in [0.2, 0.25) is 0 Å². The van der Waals surface area contributed by atoms with Crippen molar-refractivity contribution in [2.45, 2.75) is 25.7 Å². The van der Waals surface area contributed by atoms with Crippen molar-refractivity contribution in [3.8, 4) is 0 Å². The molecule has 0 aromatic rings. The molecule has 0 saturated heterocycles. The van der Waals surface area contributed by atoms with E-state index in [1.165, 1.54) is 0 Å². The minimum atomic E-state index is 0.283. The highest BCUT2D eigenvalue weighted by molar-refractivity contribution is 4.39. The topological polar surface area (TPSA) is 49.7 Å². The van der Waals surface area contributed by atoms with Gasteiger partial charge in [0.05, 0.1) is 0 Å². The third kappa shape index (κ3) is 25.8. The molecular weight excluding hydrogens is 144 g/mol. The molecule has 0 heterocycles. The van der Waals surface area contributed by atoms with Crippen LogP contribution >= 0.6 is 0 Å². The van der Waals surface area contributed by atoms with Gasteiger partial charge in [-0.2, -0.15) is 0 Å². The zero-order chi connectivity index (χ0) is 8.95. The molecule has 0 fully saturated rings. The summed E-state index contributed by atoms with van der Waals surface area (Å²) in [5.41, 5.74) is 0. The lowest BCUT2D eigenvalue weighted by molar-refractivity contribution is 0.265. The van der Waals surface area contributed by atoms with Gasteiger partial charge in [0.15, 0.2) is 0 Å². The monoisotopic (exact) mass is 164 g/mol. The summed E-state index contributed by atoms with van der Waals surface area (Å²) in [6.07, 6.45) is 3.83. The molecule has 0 unspecified atom stereocenters. The fraction of sp³-hybridized carbons (Fsp3) is 1.00. The number of ether oxygens (including phenoxy) is 1. The van der Waals surface area contributed by atoms with Crippen LogP contribution in [0.1, 0.15) is 25.7 Å². The van der Waals surface area contributed by atoms with Gasteiger partial charge in [-0.1, -0.05) is 12.8 Å². The Balaban J connectivity index is 0. The molecule has 0 atom stereocenters. The van der Waals surface area contributed by atoms with Gasteiger partial charge in [-0.25, -0.2) is 0 Å². The van der Waals surface area contributed by atoms with E-state index in [1.54, 1.807) is 14.2 Å². The van der Waals surface area contributed by atoms with Crippen LogP contribution in [0.3, 0.4) is 0 Å². The maximum absolute atomic E-state index is 8.30. The minimum absolute atomic E-state index is 0.283. The first kappa shape index (κ1) is 13.5. The Morgan fingerprint density at radius 1 is 0.818 bits per heavy atom. The zero-order valence-electron chi connectivity index (χ0n) is 7.55. The van der Waals surface area contributed by atoms with E-state index in [9.17, 15) is 0 Å². The number of hydrogen-bond donors (Lipinski definition) is 2. The van der Waals surface area contributed by atoms with E-state index in [0.717, 1.165) is 25.7 Å². The Morgan fingerprint density at radius 2 is 1.09 bits per heavy atom. The van der Waals surface area contributed by atoms with Crippen molar-refractivity contribution < 1.29 is 14.9 Å². The molecule has 70 valence electrons. The molecule has 0 radical (unpaired) electrons. The van der Waals surface area contributed by atoms with Gasteiger partial charge in [-0.15, -0.1) is 0 Å². The number of rotatable bonds is 5. The van der Waals surface area contributed by atoms with Crippen molar-refractivity contribution in [1.29, 1.82) is 0 Å². The summed E-state index contributed by atoms with van der Waals surface area (Å²) in [7, 11) is 3.25. The molecule has 0 aliphatic heterocycles. The largest absolute Gasteiger partial charge is 0.396 e. The Labute approximate surface area is 69.0 Å². The lowest BCUT2D eigenvalue weighted by Crippen LogP contribution is -1.85. The van der Waals surface area contributed by atoms with Crippen LogP contribution in [-0.4, -0.2) is 37.6 Å². The fourth-order valence-electron chi connectivity index (χ4n) is 0.577. The summed E-state index contributed by atoms with van der Waals surface area (Å²) >= 11 is 0. The quantitative estimate of drug-likeness (QED) is 0.591. The predicted molar refractivity (Wildman–Crippen MR) is 45.6 cm³/mol. The van der Waals surface area contributed by atoms with Crippen molar-refractivity contribution in [3.05, 3.63) is 0 Å². The molecule has 0 aliphatic rings. The van der Waals surface area contributed by atoms with Gasteiger partial charge in [0, 0.05) is 27.4 Å². The van der Waals surface area contributed by atoms with Crippen molar-refractivity contribution in [2.75, 3.05) is 27.4 Å². The summed E-state index contributed by atoms with van der Waals surface area (Å²) in [5.74, 6) is 0. The normalized spacial score (nSPS) is 8.73. The highest BCUT2D eigenvalue weighted by atomic mass is 16.4. The SMILES string of the molecule is COC.OCCCCCCO. The molecule has 3 nitrogen and oxygen atoms in total. The number of unbranched alkanes of at least 4 members (excludes halogenated alkanes) is 3. The molecule has 0 aromatic carbocycles. The van der Waals surface area contributed by atoms with Gasteiger partial charge in [-0.05, 0) is 12.8 Å². The standard InChI is InChI=1S/C6H14O2.C2H6O/c7-5-3-1-2-4-6-8;1-3-2/h7-8H,1-6H2;1-2H3.